The molecule has 8 nitrogen and oxygen atoms in total. The molecule has 32 heavy (non-hydrogen) atoms. The number of carbonyl (C=O) groups excluding carboxylic acids is 1. The van der Waals surface area contributed by atoms with Crippen LogP contribution in [0.2, 0.25) is 0 Å². The molecule has 0 atom stereocenters. The van der Waals surface area contributed by atoms with Crippen LogP contribution in [0.15, 0.2) is 61.1 Å². The minimum atomic E-state index is -0.229. The maximum absolute atomic E-state index is 12.5. The van der Waals surface area contributed by atoms with Gasteiger partial charge in [0.15, 0.2) is 0 Å². The molecular formula is C24H24N6O2. The van der Waals surface area contributed by atoms with Crippen LogP contribution < -0.4 is 11.1 Å². The Morgan fingerprint density at radius 3 is 2.53 bits per heavy atom. The fraction of sp³-hybridized carbons (Fsp3) is 0.250. The number of aliphatic hydroxyl groups excluding tert-OH is 1. The van der Waals surface area contributed by atoms with Crippen molar-refractivity contribution in [1.82, 2.24) is 19.4 Å². The molecule has 1 aliphatic rings. The molecule has 1 aliphatic carbocycles. The van der Waals surface area contributed by atoms with Gasteiger partial charge in [-0.3, -0.25) is 9.20 Å². The molecule has 4 N–H and O–H groups in total. The summed E-state index contributed by atoms with van der Waals surface area (Å²) in [6.45, 7) is 0. The minimum absolute atomic E-state index is 0.228. The van der Waals surface area contributed by atoms with E-state index >= 15 is 0 Å². The number of aliphatic hydroxyl groups is 1. The minimum Gasteiger partial charge on any atom is -0.393 e. The number of rotatable bonds is 4. The monoisotopic (exact) mass is 428 g/mol. The highest BCUT2D eigenvalue weighted by atomic mass is 16.3. The number of anilines is 2. The number of hydrogen-bond donors (Lipinski definition) is 3. The second-order valence-corrected chi connectivity index (χ2v) is 8.10. The van der Waals surface area contributed by atoms with Gasteiger partial charge in [-0.05, 0) is 49.9 Å². The molecule has 8 heteroatoms. The molecule has 0 saturated heterocycles. The lowest BCUT2D eigenvalue weighted by Crippen LogP contribution is -2.18. The largest absolute Gasteiger partial charge is 0.393 e. The Morgan fingerprint density at radius 1 is 1.03 bits per heavy atom. The molecule has 0 radical (unpaired) electrons. The van der Waals surface area contributed by atoms with E-state index in [1.54, 1.807) is 36.7 Å². The van der Waals surface area contributed by atoms with E-state index in [-0.39, 0.29) is 17.9 Å². The van der Waals surface area contributed by atoms with E-state index in [0.29, 0.717) is 17.2 Å². The topological polar surface area (TPSA) is 118 Å². The number of carbonyl (C=O) groups is 1. The summed E-state index contributed by atoms with van der Waals surface area (Å²) in [7, 11) is 0. The van der Waals surface area contributed by atoms with Crippen LogP contribution in [-0.4, -0.2) is 36.5 Å². The molecule has 4 aromatic rings. The number of benzene rings is 1. The van der Waals surface area contributed by atoms with Crippen molar-refractivity contribution in [2.75, 3.05) is 11.1 Å². The fourth-order valence-corrected chi connectivity index (χ4v) is 4.32. The summed E-state index contributed by atoms with van der Waals surface area (Å²) in [5.41, 5.74) is 9.13. The molecule has 0 unspecified atom stereocenters. The van der Waals surface area contributed by atoms with Crippen molar-refractivity contribution in [1.29, 1.82) is 0 Å². The van der Waals surface area contributed by atoms with Crippen molar-refractivity contribution in [3.63, 3.8) is 0 Å². The van der Waals surface area contributed by atoms with Gasteiger partial charge in [0, 0.05) is 35.6 Å². The molecule has 0 bridgehead atoms. The zero-order valence-corrected chi connectivity index (χ0v) is 17.5. The summed E-state index contributed by atoms with van der Waals surface area (Å²) in [5, 5.41) is 12.7. The lowest BCUT2D eigenvalue weighted by Gasteiger charge is -2.24. The molecule has 0 spiro atoms. The van der Waals surface area contributed by atoms with Crippen molar-refractivity contribution in [3.05, 3.63) is 72.4 Å². The van der Waals surface area contributed by atoms with E-state index in [4.69, 9.17) is 10.7 Å². The first kappa shape index (κ1) is 20.1. The van der Waals surface area contributed by atoms with Gasteiger partial charge in [-0.15, -0.1) is 0 Å². The van der Waals surface area contributed by atoms with E-state index in [2.05, 4.69) is 15.3 Å². The van der Waals surface area contributed by atoms with Gasteiger partial charge < -0.3 is 16.2 Å². The van der Waals surface area contributed by atoms with Crippen molar-refractivity contribution in [3.8, 4) is 11.3 Å². The first-order valence-corrected chi connectivity index (χ1v) is 10.7. The molecule has 1 saturated carbocycles. The van der Waals surface area contributed by atoms with Gasteiger partial charge >= 0.3 is 0 Å². The number of nitrogen functional groups attached to an aromatic ring is 1. The molecule has 162 valence electrons. The lowest BCUT2D eigenvalue weighted by atomic mass is 9.87. The van der Waals surface area contributed by atoms with Crippen LogP contribution in [0.1, 0.15) is 47.8 Å². The average molecular weight is 428 g/mol. The van der Waals surface area contributed by atoms with Gasteiger partial charge in [0.25, 0.3) is 5.91 Å². The third-order valence-corrected chi connectivity index (χ3v) is 6.00. The highest BCUT2D eigenvalue weighted by Crippen LogP contribution is 2.36. The van der Waals surface area contributed by atoms with Crippen LogP contribution in [-0.2, 0) is 0 Å². The predicted molar refractivity (Wildman–Crippen MR) is 122 cm³/mol. The summed E-state index contributed by atoms with van der Waals surface area (Å²) in [6.07, 6.45) is 8.28. The van der Waals surface area contributed by atoms with Crippen LogP contribution in [0.3, 0.4) is 0 Å². The Morgan fingerprint density at radius 2 is 1.81 bits per heavy atom. The van der Waals surface area contributed by atoms with E-state index in [0.717, 1.165) is 48.3 Å². The summed E-state index contributed by atoms with van der Waals surface area (Å²) in [6, 6.07) is 12.6. The Hall–Kier alpha value is -3.78. The Kier molecular flexibility index (Phi) is 5.28. The molecule has 0 aliphatic heterocycles. The van der Waals surface area contributed by atoms with E-state index in [9.17, 15) is 9.90 Å². The smallest absolute Gasteiger partial charge is 0.256 e. The van der Waals surface area contributed by atoms with E-state index < -0.39 is 0 Å². The standard InChI is InChI=1S/C24H24N6O2/c25-22-21-20(29-23(30(21)14-13-27-22)16-8-10-18(31)11-9-16)15-4-6-17(7-5-15)24(32)28-19-3-1-2-12-26-19/h1-7,12-14,16,18,31H,8-11H2,(H2,25,27)(H,26,28,32)/t16-,18-. The number of fused-ring (bicyclic) bond motifs is 1. The molecule has 3 heterocycles. The van der Waals surface area contributed by atoms with Crippen LogP contribution in [0.5, 0.6) is 0 Å². The van der Waals surface area contributed by atoms with Gasteiger partial charge in [-0.25, -0.2) is 15.0 Å². The quantitative estimate of drug-likeness (QED) is 0.457. The molecule has 1 aromatic carbocycles. The number of aromatic nitrogens is 4. The zero-order valence-electron chi connectivity index (χ0n) is 17.5. The second kappa shape index (κ2) is 8.39. The van der Waals surface area contributed by atoms with Crippen LogP contribution in [0.4, 0.5) is 11.6 Å². The molecule has 1 amide bonds. The van der Waals surface area contributed by atoms with Crippen LogP contribution in [0, 0.1) is 0 Å². The number of amides is 1. The summed E-state index contributed by atoms with van der Waals surface area (Å²) >= 11 is 0. The number of imidazole rings is 1. The first-order valence-electron chi connectivity index (χ1n) is 10.7. The van der Waals surface area contributed by atoms with Gasteiger partial charge in [-0.1, -0.05) is 18.2 Å². The normalized spacial score (nSPS) is 18.5. The summed E-state index contributed by atoms with van der Waals surface area (Å²) < 4.78 is 2.02. The van der Waals surface area contributed by atoms with E-state index in [1.807, 2.05) is 28.8 Å². The maximum Gasteiger partial charge on any atom is 0.256 e. The van der Waals surface area contributed by atoms with Crippen molar-refractivity contribution >= 4 is 23.1 Å². The number of nitrogens with two attached hydrogens (primary N) is 1. The average Bonchev–Trinajstić information content (AvgIpc) is 3.21. The first-order chi connectivity index (χ1) is 15.6. The number of pyridine rings is 1. The second-order valence-electron chi connectivity index (χ2n) is 8.10. The Labute approximate surface area is 185 Å². The fourth-order valence-electron chi connectivity index (χ4n) is 4.32. The lowest BCUT2D eigenvalue weighted by molar-refractivity contribution is 0.102. The van der Waals surface area contributed by atoms with Crippen molar-refractivity contribution < 1.29 is 9.90 Å². The van der Waals surface area contributed by atoms with Crippen LogP contribution in [0.25, 0.3) is 16.8 Å². The number of hydrogen-bond acceptors (Lipinski definition) is 6. The molecule has 3 aromatic heterocycles. The summed E-state index contributed by atoms with van der Waals surface area (Å²) in [5.74, 6) is 1.88. The SMILES string of the molecule is Nc1nccn2c1c(-c1ccc(C(=O)Nc3ccccn3)cc1)nc2[C@H]1CC[C@H](O)CC1. The molecular weight excluding hydrogens is 404 g/mol. The third kappa shape index (κ3) is 3.80. The third-order valence-electron chi connectivity index (χ3n) is 6.00. The van der Waals surface area contributed by atoms with Crippen LogP contribution >= 0.6 is 0 Å². The van der Waals surface area contributed by atoms with E-state index in [1.165, 1.54) is 0 Å². The Balaban J connectivity index is 1.47. The van der Waals surface area contributed by atoms with Gasteiger partial charge in [0.1, 0.15) is 28.7 Å². The predicted octanol–water partition coefficient (Wildman–Crippen LogP) is 3.64. The molecule has 1 fully saturated rings. The highest BCUT2D eigenvalue weighted by Gasteiger charge is 2.26. The Bertz CT molecular complexity index is 1240. The van der Waals surface area contributed by atoms with Gasteiger partial charge in [0.2, 0.25) is 0 Å². The highest BCUT2D eigenvalue weighted by molar-refractivity contribution is 6.04. The van der Waals surface area contributed by atoms with Crippen molar-refractivity contribution in [2.45, 2.75) is 37.7 Å². The van der Waals surface area contributed by atoms with Crippen molar-refractivity contribution in [2.24, 2.45) is 0 Å². The maximum atomic E-state index is 12.5. The van der Waals surface area contributed by atoms with Gasteiger partial charge in [0.05, 0.1) is 6.10 Å². The number of nitrogens with zero attached hydrogens (tertiary/aromatic N) is 4. The molecule has 5 rings (SSSR count). The van der Waals surface area contributed by atoms with Gasteiger partial charge in [-0.2, -0.15) is 0 Å². The number of nitrogens with one attached hydrogen (secondary N) is 1. The summed E-state index contributed by atoms with van der Waals surface area (Å²) in [4.78, 5) is 25.9. The zero-order chi connectivity index (χ0) is 22.1.